The minimum atomic E-state index is -4.03. The second-order valence-corrected chi connectivity index (χ2v) is 8.60. The van der Waals surface area contributed by atoms with Crippen LogP contribution in [-0.2, 0) is 19.7 Å². The van der Waals surface area contributed by atoms with Crippen molar-refractivity contribution in [2.24, 2.45) is 11.7 Å². The molecule has 1 aliphatic heterocycles. The first-order valence-electron chi connectivity index (χ1n) is 10.4. The minimum Gasteiger partial charge on any atom is -0.382 e. The largest absolute Gasteiger partial charge is 0.382 e. The van der Waals surface area contributed by atoms with Gasteiger partial charge in [-0.25, -0.2) is 19.7 Å². The van der Waals surface area contributed by atoms with E-state index in [1.165, 1.54) is 6.33 Å². The molecule has 4 unspecified atom stereocenters. The Bertz CT molecular complexity index is 987. The molecule has 186 valence electrons. The van der Waals surface area contributed by atoms with Gasteiger partial charge in [0.2, 0.25) is 0 Å². The normalized spacial score (nSPS) is 19.4. The SMILES string of the molecule is CC.CCC(C)C(N)C(=O)NS(=O)(=O)NCC1CCC(n2cnc3c(N)ncnc32)O1.[CH3-].[U]. The van der Waals surface area contributed by atoms with Crippen molar-refractivity contribution in [1.29, 1.82) is 0 Å². The number of aromatic nitrogens is 4. The van der Waals surface area contributed by atoms with Gasteiger partial charge in [0.25, 0.3) is 5.91 Å². The summed E-state index contributed by atoms with van der Waals surface area (Å²) in [5, 5.41) is 0. The van der Waals surface area contributed by atoms with E-state index < -0.39 is 22.2 Å². The molecule has 0 radical (unpaired) electrons. The summed E-state index contributed by atoms with van der Waals surface area (Å²) in [6, 6.07) is -0.896. The molecule has 1 aliphatic rings. The zero-order valence-corrected chi connectivity index (χ0v) is 24.8. The van der Waals surface area contributed by atoms with Crippen molar-refractivity contribution in [2.45, 2.75) is 65.3 Å². The van der Waals surface area contributed by atoms with Crippen LogP contribution in [0.3, 0.4) is 0 Å². The Labute approximate surface area is 219 Å². The molecule has 1 saturated heterocycles. The maximum atomic E-state index is 12.1. The zero-order chi connectivity index (χ0) is 23.2. The molecule has 0 aliphatic carbocycles. The van der Waals surface area contributed by atoms with Crippen LogP contribution in [0.25, 0.3) is 11.2 Å². The summed E-state index contributed by atoms with van der Waals surface area (Å²) in [6.07, 6.45) is 4.13. The molecule has 0 aromatic carbocycles. The molecule has 0 saturated carbocycles. The van der Waals surface area contributed by atoms with Crippen molar-refractivity contribution in [3.8, 4) is 0 Å². The minimum absolute atomic E-state index is 0. The fraction of sp³-hybridized carbons (Fsp3) is 0.632. The molecule has 1 amide bonds. The van der Waals surface area contributed by atoms with Crippen molar-refractivity contribution >= 4 is 33.1 Å². The number of rotatable bonds is 8. The molecule has 2 aromatic rings. The Morgan fingerprint density at radius 2 is 1.97 bits per heavy atom. The topological polar surface area (TPSA) is 180 Å². The van der Waals surface area contributed by atoms with E-state index in [4.69, 9.17) is 16.2 Å². The molecule has 6 N–H and O–H groups in total. The Hall–Kier alpha value is -1.30. The maximum absolute atomic E-state index is 12.1. The number of ether oxygens (including phenoxy) is 1. The summed E-state index contributed by atoms with van der Waals surface area (Å²) in [5.41, 5.74) is 12.6. The van der Waals surface area contributed by atoms with E-state index in [0.717, 1.165) is 0 Å². The van der Waals surface area contributed by atoms with Crippen LogP contribution in [0.5, 0.6) is 0 Å². The predicted molar refractivity (Wildman–Crippen MR) is 123 cm³/mol. The van der Waals surface area contributed by atoms with Gasteiger partial charge < -0.3 is 23.6 Å². The van der Waals surface area contributed by atoms with Crippen LogP contribution < -0.4 is 20.9 Å². The van der Waals surface area contributed by atoms with Crippen molar-refractivity contribution in [3.05, 3.63) is 20.1 Å². The molecule has 4 atom stereocenters. The molecule has 0 bridgehead atoms. The van der Waals surface area contributed by atoms with Crippen LogP contribution in [-0.4, -0.2) is 52.5 Å². The predicted octanol–water partition coefficient (Wildman–Crippen LogP) is 0.887. The van der Waals surface area contributed by atoms with Gasteiger partial charge in [0.05, 0.1) is 18.5 Å². The molecule has 33 heavy (non-hydrogen) atoms. The Morgan fingerprint density at radius 3 is 2.61 bits per heavy atom. The van der Waals surface area contributed by atoms with Gasteiger partial charge in [0.15, 0.2) is 11.5 Å². The number of nitrogens with two attached hydrogens (primary N) is 2. The smallest absolute Gasteiger partial charge is 0.301 e. The van der Waals surface area contributed by atoms with Gasteiger partial charge in [0, 0.05) is 37.7 Å². The Balaban J connectivity index is 0.00000249. The standard InChI is InChI=1S/C16H26N8O4S.C2H6.CH3.U/c1-3-9(2)12(17)16(25)23-29(26,27)22-6-10-4-5-11(28-10)24-8-21-13-14(18)19-7-20-15(13)24;1-2;;/h7-12,22H,3-6,17H2,1-2H3,(H,23,25)(H2,18,19,20);1-2H3;1H3;/q;;-1;. The summed E-state index contributed by atoms with van der Waals surface area (Å²) >= 11 is 0. The number of nitrogens with one attached hydrogen (secondary N) is 2. The molecular weight excluding hydrogens is 674 g/mol. The summed E-state index contributed by atoms with van der Waals surface area (Å²) in [7, 11) is -4.03. The monoisotopic (exact) mass is 709 g/mol. The number of amides is 1. The first-order chi connectivity index (χ1) is 14.7. The molecule has 1 fully saturated rings. The molecule has 14 heteroatoms. The van der Waals surface area contributed by atoms with Gasteiger partial charge in [0.1, 0.15) is 18.1 Å². The van der Waals surface area contributed by atoms with E-state index in [9.17, 15) is 13.2 Å². The van der Waals surface area contributed by atoms with E-state index in [1.807, 2.05) is 25.5 Å². The molecule has 3 heterocycles. The number of fused-ring (bicyclic) bond motifs is 1. The summed E-state index contributed by atoms with van der Waals surface area (Å²) in [5.74, 6) is -0.589. The molecular formula is C19H35N8O4SU-. The second-order valence-electron chi connectivity index (χ2n) is 7.10. The number of carbonyl (C=O) groups excluding carboxylic acids is 1. The van der Waals surface area contributed by atoms with Crippen LogP contribution in [0.2, 0.25) is 0 Å². The van der Waals surface area contributed by atoms with Gasteiger partial charge in [-0.1, -0.05) is 34.1 Å². The van der Waals surface area contributed by atoms with Crippen molar-refractivity contribution in [1.82, 2.24) is 29.0 Å². The van der Waals surface area contributed by atoms with Gasteiger partial charge >= 0.3 is 10.2 Å². The van der Waals surface area contributed by atoms with E-state index in [-0.39, 0.29) is 69.2 Å². The van der Waals surface area contributed by atoms with Gasteiger partial charge in [-0.2, -0.15) is 13.1 Å². The number of nitrogen functional groups attached to an aromatic ring is 1. The summed E-state index contributed by atoms with van der Waals surface area (Å²) < 4.78 is 36.2. The molecule has 12 nitrogen and oxygen atoms in total. The fourth-order valence-corrected chi connectivity index (χ4v) is 3.95. The number of nitrogens with zero attached hydrogens (tertiary/aromatic N) is 4. The van der Waals surface area contributed by atoms with Gasteiger partial charge in [-0.3, -0.25) is 9.36 Å². The maximum Gasteiger partial charge on any atom is 0.301 e. The average molecular weight is 710 g/mol. The molecule has 3 rings (SSSR count). The quantitative estimate of drug-likeness (QED) is 0.290. The number of anilines is 1. The van der Waals surface area contributed by atoms with Crippen molar-refractivity contribution < 1.29 is 49.1 Å². The van der Waals surface area contributed by atoms with E-state index in [0.29, 0.717) is 30.4 Å². The van der Waals surface area contributed by atoms with Crippen molar-refractivity contribution in [3.63, 3.8) is 0 Å². The van der Waals surface area contributed by atoms with E-state index in [1.54, 1.807) is 17.8 Å². The summed E-state index contributed by atoms with van der Waals surface area (Å²) in [4.78, 5) is 24.3. The van der Waals surface area contributed by atoms with Crippen LogP contribution in [0.4, 0.5) is 5.82 Å². The molecule has 0 spiro atoms. The number of carbonyl (C=O) groups is 1. The summed E-state index contributed by atoms with van der Waals surface area (Å²) in [6.45, 7) is 7.68. The first kappa shape index (κ1) is 31.7. The third kappa shape index (κ3) is 8.15. The van der Waals surface area contributed by atoms with Crippen LogP contribution in [0.15, 0.2) is 12.7 Å². The van der Waals surface area contributed by atoms with E-state index in [2.05, 4.69) is 19.7 Å². The third-order valence-electron chi connectivity index (χ3n) is 5.08. The Morgan fingerprint density at radius 1 is 1.30 bits per heavy atom. The first-order valence-corrected chi connectivity index (χ1v) is 11.9. The number of hydrogen-bond acceptors (Lipinski definition) is 9. The van der Waals surface area contributed by atoms with Crippen LogP contribution in [0.1, 0.15) is 53.2 Å². The van der Waals surface area contributed by atoms with E-state index >= 15 is 0 Å². The van der Waals surface area contributed by atoms with Crippen LogP contribution in [0, 0.1) is 44.5 Å². The number of hydrogen-bond donors (Lipinski definition) is 4. The fourth-order valence-electron chi connectivity index (χ4n) is 3.07. The van der Waals surface area contributed by atoms with Gasteiger partial charge in [-0.15, -0.1) is 0 Å². The average Bonchev–Trinajstić information content (AvgIpc) is 3.40. The Kier molecular flexibility index (Phi) is 13.6. The van der Waals surface area contributed by atoms with Crippen LogP contribution >= 0.6 is 0 Å². The third-order valence-corrected chi connectivity index (χ3v) is 6.09. The zero-order valence-electron chi connectivity index (χ0n) is 19.8. The molecule has 2 aromatic heterocycles. The number of imidazole rings is 1. The van der Waals surface area contributed by atoms with Gasteiger partial charge in [-0.05, 0) is 18.8 Å². The van der Waals surface area contributed by atoms with Crippen molar-refractivity contribution in [2.75, 3.05) is 12.3 Å². The second kappa shape index (κ2) is 14.2.